The molecule has 3 nitrogen and oxygen atoms in total. The van der Waals surface area contributed by atoms with Gasteiger partial charge in [-0.2, -0.15) is 0 Å². The smallest absolute Gasteiger partial charge is 0.230 e. The van der Waals surface area contributed by atoms with Gasteiger partial charge in [0.15, 0.2) is 0 Å². The molecule has 3 rings (SSSR count). The first-order valence-electron chi connectivity index (χ1n) is 7.71. The summed E-state index contributed by atoms with van der Waals surface area (Å²) < 4.78 is 0. The third-order valence-electron chi connectivity index (χ3n) is 4.84. The van der Waals surface area contributed by atoms with Crippen LogP contribution in [0.4, 0.5) is 0 Å². The second-order valence-corrected chi connectivity index (χ2v) is 6.49. The van der Waals surface area contributed by atoms with Crippen LogP contribution in [0.2, 0.25) is 0 Å². The number of aryl methyl sites for hydroxylation is 1. The van der Waals surface area contributed by atoms with E-state index in [4.69, 9.17) is 5.73 Å². The second-order valence-electron chi connectivity index (χ2n) is 6.49. The lowest BCUT2D eigenvalue weighted by atomic mass is 9.67. The van der Waals surface area contributed by atoms with E-state index >= 15 is 0 Å². The standard InChI is InChI=1S/C17H24N2O/c1-13-4-2-5-14(10-13)11-19(15-6-7-15)16(20)17(12-18)8-3-9-17/h2,4-5,10,15H,3,6-9,11-12,18H2,1H3. The monoisotopic (exact) mass is 272 g/mol. The van der Waals surface area contributed by atoms with Crippen LogP contribution in [0.5, 0.6) is 0 Å². The van der Waals surface area contributed by atoms with Crippen molar-refractivity contribution < 1.29 is 4.79 Å². The van der Waals surface area contributed by atoms with E-state index in [2.05, 4.69) is 36.1 Å². The third kappa shape index (κ3) is 2.47. The molecule has 0 radical (unpaired) electrons. The average molecular weight is 272 g/mol. The number of hydrogen-bond acceptors (Lipinski definition) is 2. The van der Waals surface area contributed by atoms with Gasteiger partial charge in [0.2, 0.25) is 5.91 Å². The molecule has 2 aliphatic rings. The van der Waals surface area contributed by atoms with Crippen molar-refractivity contribution in [3.05, 3.63) is 35.4 Å². The molecule has 2 aliphatic carbocycles. The van der Waals surface area contributed by atoms with Gasteiger partial charge in [0.1, 0.15) is 0 Å². The van der Waals surface area contributed by atoms with Gasteiger partial charge in [-0.3, -0.25) is 4.79 Å². The van der Waals surface area contributed by atoms with Crippen LogP contribution in [-0.4, -0.2) is 23.4 Å². The van der Waals surface area contributed by atoms with Crippen molar-refractivity contribution >= 4 is 5.91 Å². The Morgan fingerprint density at radius 3 is 2.65 bits per heavy atom. The number of rotatable bonds is 5. The van der Waals surface area contributed by atoms with E-state index in [1.54, 1.807) is 0 Å². The van der Waals surface area contributed by atoms with E-state index in [0.29, 0.717) is 18.5 Å². The maximum atomic E-state index is 12.9. The maximum Gasteiger partial charge on any atom is 0.230 e. The zero-order chi connectivity index (χ0) is 14.2. The molecular weight excluding hydrogens is 248 g/mol. The molecule has 2 saturated carbocycles. The Hall–Kier alpha value is -1.35. The summed E-state index contributed by atoms with van der Waals surface area (Å²) in [5, 5.41) is 0. The minimum atomic E-state index is -0.244. The third-order valence-corrected chi connectivity index (χ3v) is 4.84. The molecule has 0 unspecified atom stereocenters. The SMILES string of the molecule is Cc1cccc(CN(C(=O)C2(CN)CCC2)C2CC2)c1. The second kappa shape index (κ2) is 5.21. The van der Waals surface area contributed by atoms with Crippen molar-refractivity contribution in [1.29, 1.82) is 0 Å². The minimum Gasteiger partial charge on any atom is -0.335 e. The molecule has 2 fully saturated rings. The van der Waals surface area contributed by atoms with Crippen molar-refractivity contribution in [2.45, 2.75) is 51.6 Å². The van der Waals surface area contributed by atoms with E-state index < -0.39 is 0 Å². The van der Waals surface area contributed by atoms with Gasteiger partial charge in [0, 0.05) is 19.1 Å². The Labute approximate surface area is 121 Å². The van der Waals surface area contributed by atoms with Gasteiger partial charge in [-0.15, -0.1) is 0 Å². The predicted octanol–water partition coefficient (Wildman–Crippen LogP) is 2.62. The molecule has 0 bridgehead atoms. The van der Waals surface area contributed by atoms with E-state index in [1.807, 2.05) is 0 Å². The Bertz CT molecular complexity index is 498. The highest BCUT2D eigenvalue weighted by atomic mass is 16.2. The first-order chi connectivity index (χ1) is 9.64. The summed E-state index contributed by atoms with van der Waals surface area (Å²) >= 11 is 0. The highest BCUT2D eigenvalue weighted by molar-refractivity contribution is 5.84. The van der Waals surface area contributed by atoms with Crippen LogP contribution < -0.4 is 5.73 Å². The maximum absolute atomic E-state index is 12.9. The molecule has 0 atom stereocenters. The molecule has 0 heterocycles. The van der Waals surface area contributed by atoms with E-state index in [9.17, 15) is 4.79 Å². The van der Waals surface area contributed by atoms with Crippen molar-refractivity contribution in [2.75, 3.05) is 6.54 Å². The van der Waals surface area contributed by atoms with Crippen LogP contribution >= 0.6 is 0 Å². The van der Waals surface area contributed by atoms with Crippen LogP contribution in [-0.2, 0) is 11.3 Å². The Morgan fingerprint density at radius 1 is 1.40 bits per heavy atom. The normalized spacial score (nSPS) is 20.3. The molecule has 0 saturated heterocycles. The molecule has 3 heteroatoms. The fraction of sp³-hybridized carbons (Fsp3) is 0.588. The average Bonchev–Trinajstić information content (AvgIpc) is 3.19. The first kappa shape index (κ1) is 13.6. The molecule has 1 amide bonds. The number of nitrogens with zero attached hydrogens (tertiary/aromatic N) is 1. The summed E-state index contributed by atoms with van der Waals surface area (Å²) in [5.74, 6) is 0.301. The number of carbonyl (C=O) groups is 1. The lowest BCUT2D eigenvalue weighted by Gasteiger charge is -2.43. The van der Waals surface area contributed by atoms with Crippen molar-refractivity contribution in [2.24, 2.45) is 11.1 Å². The molecule has 0 aromatic heterocycles. The lowest BCUT2D eigenvalue weighted by molar-refractivity contribution is -0.148. The largest absolute Gasteiger partial charge is 0.335 e. The fourth-order valence-electron chi connectivity index (χ4n) is 3.17. The Balaban J connectivity index is 1.77. The number of carbonyl (C=O) groups excluding carboxylic acids is 1. The molecule has 0 spiro atoms. The summed E-state index contributed by atoms with van der Waals surface area (Å²) in [6, 6.07) is 8.92. The Morgan fingerprint density at radius 2 is 2.15 bits per heavy atom. The minimum absolute atomic E-state index is 0.244. The zero-order valence-electron chi connectivity index (χ0n) is 12.3. The van der Waals surface area contributed by atoms with Crippen molar-refractivity contribution in [1.82, 2.24) is 4.90 Å². The van der Waals surface area contributed by atoms with Gasteiger partial charge >= 0.3 is 0 Å². The summed E-state index contributed by atoms with van der Waals surface area (Å²) in [6.45, 7) is 3.34. The molecule has 1 aromatic rings. The summed E-state index contributed by atoms with van der Waals surface area (Å²) in [4.78, 5) is 15.0. The fourth-order valence-corrected chi connectivity index (χ4v) is 3.17. The van der Waals surface area contributed by atoms with Crippen molar-refractivity contribution in [3.63, 3.8) is 0 Å². The van der Waals surface area contributed by atoms with Crippen LogP contribution in [0.1, 0.15) is 43.2 Å². The summed E-state index contributed by atoms with van der Waals surface area (Å²) in [5.41, 5.74) is 8.14. The highest BCUT2D eigenvalue weighted by Gasteiger charge is 2.47. The van der Waals surface area contributed by atoms with Crippen LogP contribution in [0, 0.1) is 12.3 Å². The predicted molar refractivity (Wildman–Crippen MR) is 80.1 cm³/mol. The molecule has 2 N–H and O–H groups in total. The number of hydrogen-bond donors (Lipinski definition) is 1. The summed E-state index contributed by atoms with van der Waals surface area (Å²) in [7, 11) is 0. The Kier molecular flexibility index (Phi) is 3.55. The molecule has 0 aliphatic heterocycles. The number of nitrogens with two attached hydrogens (primary N) is 1. The molecule has 1 aromatic carbocycles. The van der Waals surface area contributed by atoms with Crippen LogP contribution in [0.15, 0.2) is 24.3 Å². The van der Waals surface area contributed by atoms with Crippen LogP contribution in [0.3, 0.4) is 0 Å². The molecular formula is C17H24N2O. The molecule has 108 valence electrons. The van der Waals surface area contributed by atoms with E-state index in [0.717, 1.165) is 38.6 Å². The van der Waals surface area contributed by atoms with Gasteiger partial charge in [0.25, 0.3) is 0 Å². The van der Waals surface area contributed by atoms with E-state index in [-0.39, 0.29) is 5.41 Å². The lowest BCUT2D eigenvalue weighted by Crippen LogP contribution is -2.52. The van der Waals surface area contributed by atoms with Crippen molar-refractivity contribution in [3.8, 4) is 0 Å². The zero-order valence-corrected chi connectivity index (χ0v) is 12.3. The quantitative estimate of drug-likeness (QED) is 0.895. The van der Waals surface area contributed by atoms with Crippen LogP contribution in [0.25, 0.3) is 0 Å². The first-order valence-corrected chi connectivity index (χ1v) is 7.71. The van der Waals surface area contributed by atoms with Gasteiger partial charge < -0.3 is 10.6 Å². The van der Waals surface area contributed by atoms with Gasteiger partial charge in [0.05, 0.1) is 5.41 Å². The number of amides is 1. The topological polar surface area (TPSA) is 46.3 Å². The van der Waals surface area contributed by atoms with Gasteiger partial charge in [-0.1, -0.05) is 36.2 Å². The molecule has 20 heavy (non-hydrogen) atoms. The summed E-state index contributed by atoms with van der Waals surface area (Å²) in [6.07, 6.45) is 5.39. The van der Waals surface area contributed by atoms with Gasteiger partial charge in [-0.25, -0.2) is 0 Å². The highest BCUT2D eigenvalue weighted by Crippen LogP contribution is 2.44. The van der Waals surface area contributed by atoms with Gasteiger partial charge in [-0.05, 0) is 38.2 Å². The number of benzene rings is 1. The van der Waals surface area contributed by atoms with E-state index in [1.165, 1.54) is 11.1 Å².